The maximum atomic E-state index is 13.0. The van der Waals surface area contributed by atoms with Crippen LogP contribution in [0.5, 0.6) is 0 Å². The minimum atomic E-state index is -0.777. The maximum Gasteiger partial charge on any atom is 0.194 e. The van der Waals surface area contributed by atoms with Gasteiger partial charge >= 0.3 is 0 Å². The fourth-order valence-electron chi connectivity index (χ4n) is 3.51. The average Bonchev–Trinajstić information content (AvgIpc) is 2.67. The quantitative estimate of drug-likeness (QED) is 0.878. The Morgan fingerprint density at radius 3 is 2.23 bits per heavy atom. The topological polar surface area (TPSA) is 86.2 Å². The van der Waals surface area contributed by atoms with Crippen molar-refractivity contribution in [2.45, 2.75) is 12.0 Å². The van der Waals surface area contributed by atoms with Gasteiger partial charge in [0.25, 0.3) is 0 Å². The minimum absolute atomic E-state index is 0.161. The molecule has 128 valence electrons. The zero-order chi connectivity index (χ0) is 18.3. The summed E-state index contributed by atoms with van der Waals surface area (Å²) in [6.07, 6.45) is 7.44. The van der Waals surface area contributed by atoms with Crippen molar-refractivity contribution >= 4 is 17.1 Å². The molecule has 0 saturated carbocycles. The Kier molecular flexibility index (Phi) is 3.71. The first-order valence-corrected chi connectivity index (χ1v) is 8.43. The van der Waals surface area contributed by atoms with Gasteiger partial charge in [0, 0.05) is 22.4 Å². The van der Waals surface area contributed by atoms with Gasteiger partial charge in [-0.15, -0.1) is 0 Å². The van der Waals surface area contributed by atoms with E-state index in [0.717, 1.165) is 5.56 Å². The van der Waals surface area contributed by atoms with Gasteiger partial charge < -0.3 is 11.5 Å². The number of hydrogen-bond acceptors (Lipinski definition) is 4. The summed E-state index contributed by atoms with van der Waals surface area (Å²) in [4.78, 5) is 25.6. The van der Waals surface area contributed by atoms with Gasteiger partial charge in [-0.05, 0) is 29.7 Å². The van der Waals surface area contributed by atoms with E-state index in [4.69, 9.17) is 11.5 Å². The van der Waals surface area contributed by atoms with Crippen molar-refractivity contribution in [3.05, 3.63) is 101 Å². The molecule has 4 rings (SSSR count). The molecule has 2 aromatic rings. The molecule has 2 aromatic carbocycles. The van der Waals surface area contributed by atoms with E-state index in [1.54, 1.807) is 30.3 Å². The molecule has 26 heavy (non-hydrogen) atoms. The van der Waals surface area contributed by atoms with E-state index in [1.165, 1.54) is 6.08 Å². The molecule has 0 aliphatic heterocycles. The highest BCUT2D eigenvalue weighted by molar-refractivity contribution is 6.38. The van der Waals surface area contributed by atoms with E-state index in [0.29, 0.717) is 34.4 Å². The standard InChI is InChI=1S/C22H18N2O2/c23-14-9-11-22(24,12-10-14)19-8-4-3-5-15(19)18-13-20(25)16-6-1-2-7-17(16)21(18)26/h1-11,13H,12,23-24H2. The first-order chi connectivity index (χ1) is 12.5. The second-order valence-electron chi connectivity index (χ2n) is 6.62. The number of benzene rings is 2. The van der Waals surface area contributed by atoms with Crippen LogP contribution in [-0.4, -0.2) is 11.6 Å². The fraction of sp³-hybridized carbons (Fsp3) is 0.0909. The van der Waals surface area contributed by atoms with Crippen LogP contribution in [0.3, 0.4) is 0 Å². The van der Waals surface area contributed by atoms with E-state index in [1.807, 2.05) is 36.4 Å². The first-order valence-electron chi connectivity index (χ1n) is 8.43. The highest BCUT2D eigenvalue weighted by Gasteiger charge is 2.32. The first kappa shape index (κ1) is 16.2. The van der Waals surface area contributed by atoms with Crippen molar-refractivity contribution in [3.63, 3.8) is 0 Å². The lowest BCUT2D eigenvalue weighted by atomic mass is 9.77. The maximum absolute atomic E-state index is 13.0. The van der Waals surface area contributed by atoms with Gasteiger partial charge in [0.1, 0.15) is 0 Å². The molecule has 0 heterocycles. The van der Waals surface area contributed by atoms with E-state index in [2.05, 4.69) is 0 Å². The molecule has 2 aliphatic carbocycles. The molecule has 0 amide bonds. The SMILES string of the molecule is NC1=CCC(N)(c2ccccc2C2=CC(=O)c3ccccc3C2=O)C=C1. The van der Waals surface area contributed by atoms with Crippen molar-refractivity contribution in [2.24, 2.45) is 11.5 Å². The lowest BCUT2D eigenvalue weighted by Gasteiger charge is -2.31. The number of rotatable bonds is 2. The molecule has 2 aliphatic rings. The molecule has 1 atom stereocenters. The predicted molar refractivity (Wildman–Crippen MR) is 101 cm³/mol. The third-order valence-corrected chi connectivity index (χ3v) is 4.92. The number of carbonyl (C=O) groups is 2. The lowest BCUT2D eigenvalue weighted by Crippen LogP contribution is -2.37. The molecule has 4 heteroatoms. The van der Waals surface area contributed by atoms with Crippen LogP contribution in [0.4, 0.5) is 0 Å². The van der Waals surface area contributed by atoms with Gasteiger partial charge in [0.2, 0.25) is 0 Å². The second kappa shape index (κ2) is 5.93. The van der Waals surface area contributed by atoms with E-state index < -0.39 is 5.54 Å². The monoisotopic (exact) mass is 342 g/mol. The molecule has 0 saturated heterocycles. The Morgan fingerprint density at radius 2 is 1.54 bits per heavy atom. The smallest absolute Gasteiger partial charge is 0.194 e. The van der Waals surface area contributed by atoms with Crippen LogP contribution in [0.15, 0.2) is 78.5 Å². The summed E-state index contributed by atoms with van der Waals surface area (Å²) < 4.78 is 0. The van der Waals surface area contributed by atoms with Crippen LogP contribution >= 0.6 is 0 Å². The van der Waals surface area contributed by atoms with Gasteiger partial charge in [0.15, 0.2) is 11.6 Å². The Balaban J connectivity index is 1.85. The summed E-state index contributed by atoms with van der Waals surface area (Å²) >= 11 is 0. The summed E-state index contributed by atoms with van der Waals surface area (Å²) in [5, 5.41) is 0. The molecular weight excluding hydrogens is 324 g/mol. The van der Waals surface area contributed by atoms with Gasteiger partial charge in [0.05, 0.1) is 5.54 Å². The van der Waals surface area contributed by atoms with Crippen molar-refractivity contribution in [1.82, 2.24) is 0 Å². The predicted octanol–water partition coefficient (Wildman–Crippen LogP) is 3.11. The fourth-order valence-corrected chi connectivity index (χ4v) is 3.51. The molecule has 0 radical (unpaired) electrons. The number of fused-ring (bicyclic) bond motifs is 1. The third kappa shape index (κ3) is 2.52. The van der Waals surface area contributed by atoms with Gasteiger partial charge in [-0.1, -0.05) is 60.7 Å². The minimum Gasteiger partial charge on any atom is -0.399 e. The molecule has 4 nitrogen and oxygen atoms in total. The molecular formula is C22H18N2O2. The van der Waals surface area contributed by atoms with Crippen LogP contribution < -0.4 is 11.5 Å². The molecule has 0 spiro atoms. The summed E-state index contributed by atoms with van der Waals surface area (Å²) in [5.41, 5.74) is 15.0. The highest BCUT2D eigenvalue weighted by Crippen LogP contribution is 2.36. The van der Waals surface area contributed by atoms with Crippen LogP contribution in [-0.2, 0) is 5.54 Å². The van der Waals surface area contributed by atoms with Crippen LogP contribution in [0.1, 0.15) is 38.3 Å². The van der Waals surface area contributed by atoms with Crippen molar-refractivity contribution in [3.8, 4) is 0 Å². The number of hydrogen-bond donors (Lipinski definition) is 2. The summed E-state index contributed by atoms with van der Waals surface area (Å²) in [6, 6.07) is 14.4. The van der Waals surface area contributed by atoms with Crippen molar-refractivity contribution in [2.75, 3.05) is 0 Å². The average molecular weight is 342 g/mol. The number of nitrogens with two attached hydrogens (primary N) is 2. The van der Waals surface area contributed by atoms with Crippen LogP contribution in [0.25, 0.3) is 5.57 Å². The van der Waals surface area contributed by atoms with Gasteiger partial charge in [-0.3, -0.25) is 9.59 Å². The normalized spacial score (nSPS) is 21.9. The molecule has 0 fully saturated rings. The zero-order valence-electron chi connectivity index (χ0n) is 14.1. The zero-order valence-corrected chi connectivity index (χ0v) is 14.1. The Morgan fingerprint density at radius 1 is 0.885 bits per heavy atom. The van der Waals surface area contributed by atoms with Crippen LogP contribution in [0, 0.1) is 0 Å². The van der Waals surface area contributed by atoms with Crippen molar-refractivity contribution in [1.29, 1.82) is 0 Å². The summed E-state index contributed by atoms with van der Waals surface area (Å²) in [6.45, 7) is 0. The van der Waals surface area contributed by atoms with Gasteiger partial charge in [-0.25, -0.2) is 0 Å². The Hall–Kier alpha value is -3.24. The number of carbonyl (C=O) groups excluding carboxylic acids is 2. The highest BCUT2D eigenvalue weighted by atomic mass is 16.1. The van der Waals surface area contributed by atoms with Crippen LogP contribution in [0.2, 0.25) is 0 Å². The lowest BCUT2D eigenvalue weighted by molar-refractivity contribution is 0.100. The number of allylic oxidation sites excluding steroid dienone is 3. The Bertz CT molecular complexity index is 1030. The molecule has 0 aromatic heterocycles. The van der Waals surface area contributed by atoms with E-state index in [9.17, 15) is 9.59 Å². The summed E-state index contributed by atoms with van der Waals surface area (Å²) in [5.74, 6) is -0.328. The number of Topliss-reactive ketones (excluding diaryl/α,β-unsaturated/α-hetero) is 1. The third-order valence-electron chi connectivity index (χ3n) is 4.92. The molecule has 4 N–H and O–H groups in total. The summed E-state index contributed by atoms with van der Waals surface area (Å²) in [7, 11) is 0. The number of ketones is 2. The molecule has 0 bridgehead atoms. The molecule has 1 unspecified atom stereocenters. The van der Waals surface area contributed by atoms with E-state index >= 15 is 0 Å². The van der Waals surface area contributed by atoms with Crippen molar-refractivity contribution < 1.29 is 9.59 Å². The van der Waals surface area contributed by atoms with E-state index in [-0.39, 0.29) is 11.6 Å². The Labute approximate surface area is 151 Å². The second-order valence-corrected chi connectivity index (χ2v) is 6.62. The largest absolute Gasteiger partial charge is 0.399 e. The van der Waals surface area contributed by atoms with Gasteiger partial charge in [-0.2, -0.15) is 0 Å².